The number of hydrogen-bond acceptors (Lipinski definition) is 5. The molecule has 5 N–H and O–H groups in total. The van der Waals surface area contributed by atoms with E-state index in [0.717, 1.165) is 10.1 Å². The number of rotatable bonds is 5. The van der Waals surface area contributed by atoms with Crippen molar-refractivity contribution in [2.45, 2.75) is 13.5 Å². The van der Waals surface area contributed by atoms with Crippen LogP contribution in [0.4, 0.5) is 14.5 Å². The first-order chi connectivity index (χ1) is 16.3. The van der Waals surface area contributed by atoms with Crippen molar-refractivity contribution in [3.63, 3.8) is 0 Å². The van der Waals surface area contributed by atoms with E-state index < -0.39 is 11.6 Å². The number of amides is 1. The van der Waals surface area contributed by atoms with E-state index in [1.165, 1.54) is 41.7 Å². The van der Waals surface area contributed by atoms with E-state index in [0.29, 0.717) is 22.6 Å². The predicted molar refractivity (Wildman–Crippen MR) is 133 cm³/mol. The molecule has 0 radical (unpaired) electrons. The summed E-state index contributed by atoms with van der Waals surface area (Å²) in [5.74, 6) is 3.65. The Balaban J connectivity index is 0.000000588. The van der Waals surface area contributed by atoms with Crippen molar-refractivity contribution in [1.29, 1.82) is 0 Å². The van der Waals surface area contributed by atoms with Gasteiger partial charge in [0.25, 0.3) is 5.91 Å². The van der Waals surface area contributed by atoms with E-state index in [1.54, 1.807) is 18.4 Å². The van der Waals surface area contributed by atoms with Gasteiger partial charge >= 0.3 is 0 Å². The lowest BCUT2D eigenvalue weighted by Crippen LogP contribution is -2.11. The van der Waals surface area contributed by atoms with Gasteiger partial charge in [-0.05, 0) is 37.3 Å². The van der Waals surface area contributed by atoms with Gasteiger partial charge in [0.05, 0.1) is 10.6 Å². The molecule has 4 aromatic rings. The number of halogens is 3. The van der Waals surface area contributed by atoms with Crippen molar-refractivity contribution in [2.24, 2.45) is 16.7 Å². The molecule has 0 aliphatic heterocycles. The van der Waals surface area contributed by atoms with E-state index in [1.807, 2.05) is 24.3 Å². The highest BCUT2D eigenvalue weighted by Crippen LogP contribution is 2.28. The van der Waals surface area contributed by atoms with Crippen LogP contribution in [0.2, 0.25) is 5.02 Å². The van der Waals surface area contributed by atoms with Gasteiger partial charge in [0.1, 0.15) is 18.3 Å². The largest absolute Gasteiger partial charge is 0.486 e. The van der Waals surface area contributed by atoms with Crippen LogP contribution in [0.3, 0.4) is 0 Å². The summed E-state index contributed by atoms with van der Waals surface area (Å²) in [6.45, 7) is 1.61. The molecular weight excluding hydrogens is 482 g/mol. The number of nitrogens with zero attached hydrogens (tertiary/aromatic N) is 1. The van der Waals surface area contributed by atoms with Gasteiger partial charge in [0, 0.05) is 32.8 Å². The van der Waals surface area contributed by atoms with E-state index >= 15 is 0 Å². The normalized spacial score (nSPS) is 11.0. The Bertz CT molecular complexity index is 1340. The second kappa shape index (κ2) is 11.4. The maximum Gasteiger partial charge on any atom is 0.257 e. The Kier molecular flexibility index (Phi) is 8.39. The van der Waals surface area contributed by atoms with Gasteiger partial charge in [-0.3, -0.25) is 4.79 Å². The SMILES string of the molecule is C/C(N)=N/N.O=C(Nc1ccc(OCc2ccc(F)cc2Cl)c(F)c1)c1csc2ccccc12. The third-order valence-electron chi connectivity index (χ3n) is 4.52. The first kappa shape index (κ1) is 24.9. The second-order valence-electron chi connectivity index (χ2n) is 7.04. The Morgan fingerprint density at radius 3 is 2.56 bits per heavy atom. The fourth-order valence-electron chi connectivity index (χ4n) is 2.84. The number of fused-ring (bicyclic) bond motifs is 1. The number of benzene rings is 3. The molecule has 6 nitrogen and oxygen atoms in total. The van der Waals surface area contributed by atoms with Crippen molar-refractivity contribution in [3.05, 3.63) is 93.8 Å². The van der Waals surface area contributed by atoms with Gasteiger partial charge < -0.3 is 21.6 Å². The smallest absolute Gasteiger partial charge is 0.257 e. The Hall–Kier alpha value is -3.69. The van der Waals surface area contributed by atoms with Crippen molar-refractivity contribution in [3.8, 4) is 5.75 Å². The summed E-state index contributed by atoms with van der Waals surface area (Å²) in [7, 11) is 0. The van der Waals surface area contributed by atoms with E-state index in [2.05, 4.69) is 16.3 Å². The number of hydrogen-bond donors (Lipinski definition) is 3. The summed E-state index contributed by atoms with van der Waals surface area (Å²) in [6, 6.07) is 15.7. The summed E-state index contributed by atoms with van der Waals surface area (Å²) in [5.41, 5.74) is 6.31. The van der Waals surface area contributed by atoms with Crippen molar-refractivity contribution in [1.82, 2.24) is 0 Å². The van der Waals surface area contributed by atoms with E-state index in [-0.39, 0.29) is 23.3 Å². The van der Waals surface area contributed by atoms with Crippen LogP contribution >= 0.6 is 22.9 Å². The summed E-state index contributed by atoms with van der Waals surface area (Å²) >= 11 is 7.42. The molecule has 176 valence electrons. The third-order valence-corrected chi connectivity index (χ3v) is 5.83. The molecule has 34 heavy (non-hydrogen) atoms. The molecule has 0 aliphatic rings. The van der Waals surface area contributed by atoms with Crippen LogP contribution in [-0.4, -0.2) is 11.7 Å². The topological polar surface area (TPSA) is 103 Å². The molecule has 3 aromatic carbocycles. The summed E-state index contributed by atoms with van der Waals surface area (Å²) in [4.78, 5) is 12.6. The molecule has 0 spiro atoms. The summed E-state index contributed by atoms with van der Waals surface area (Å²) < 4.78 is 33.9. The number of hydrazone groups is 1. The average molecular weight is 503 g/mol. The Morgan fingerprint density at radius 1 is 1.15 bits per heavy atom. The van der Waals surface area contributed by atoms with Crippen LogP contribution in [-0.2, 0) is 6.61 Å². The molecule has 0 fully saturated rings. The minimum Gasteiger partial charge on any atom is -0.486 e. The fraction of sp³-hybridized carbons (Fsp3) is 0.0833. The molecule has 10 heteroatoms. The lowest BCUT2D eigenvalue weighted by molar-refractivity contribution is 0.102. The van der Waals surface area contributed by atoms with Crippen LogP contribution < -0.4 is 21.6 Å². The quantitative estimate of drug-likeness (QED) is 0.137. The van der Waals surface area contributed by atoms with Gasteiger partial charge in [-0.15, -0.1) is 11.3 Å². The molecule has 0 saturated heterocycles. The highest BCUT2D eigenvalue weighted by molar-refractivity contribution is 7.17. The van der Waals surface area contributed by atoms with Crippen molar-refractivity contribution < 1.29 is 18.3 Å². The standard InChI is InChI=1S/C22H14ClF2NO2S.C2H7N3/c23-18-9-14(24)6-5-13(18)11-28-20-8-7-15(10-19(20)25)26-22(27)17-12-29-21-4-2-1-3-16(17)21;1-2(3)5-4/h1-10,12H,11H2,(H,26,27);4H2,1H3,(H2,3,5). The number of nitrogens with two attached hydrogens (primary N) is 2. The number of thiophene rings is 1. The number of carbonyl (C=O) groups is 1. The minimum atomic E-state index is -0.629. The van der Waals surface area contributed by atoms with Gasteiger partial charge in [-0.1, -0.05) is 35.9 Å². The average Bonchev–Trinajstić information content (AvgIpc) is 3.24. The van der Waals surface area contributed by atoms with Crippen molar-refractivity contribution >= 4 is 50.5 Å². The van der Waals surface area contributed by atoms with Crippen LogP contribution in [0.1, 0.15) is 22.8 Å². The number of amidine groups is 1. The zero-order valence-corrected chi connectivity index (χ0v) is 19.6. The molecule has 1 amide bonds. The molecule has 0 bridgehead atoms. The lowest BCUT2D eigenvalue weighted by Gasteiger charge is -2.10. The minimum absolute atomic E-state index is 0.00405. The monoisotopic (exact) mass is 502 g/mol. The van der Waals surface area contributed by atoms with Gasteiger partial charge in [-0.25, -0.2) is 8.78 Å². The van der Waals surface area contributed by atoms with E-state index in [9.17, 15) is 13.6 Å². The number of nitrogens with one attached hydrogen (secondary N) is 1. The highest BCUT2D eigenvalue weighted by atomic mass is 35.5. The van der Waals surface area contributed by atoms with E-state index in [4.69, 9.17) is 22.1 Å². The van der Waals surface area contributed by atoms with Crippen LogP contribution in [0, 0.1) is 11.6 Å². The number of carbonyl (C=O) groups excluding carboxylic acids is 1. The summed E-state index contributed by atoms with van der Waals surface area (Å²) in [5, 5.41) is 8.62. The molecule has 1 heterocycles. The van der Waals surface area contributed by atoms with Gasteiger partial charge in [-0.2, -0.15) is 5.10 Å². The maximum atomic E-state index is 14.4. The Morgan fingerprint density at radius 2 is 1.88 bits per heavy atom. The molecule has 0 atom stereocenters. The summed E-state index contributed by atoms with van der Waals surface area (Å²) in [6.07, 6.45) is 0. The molecule has 0 aliphatic carbocycles. The predicted octanol–water partition coefficient (Wildman–Crippen LogP) is 5.90. The molecule has 0 saturated carbocycles. The van der Waals surface area contributed by atoms with Gasteiger partial charge in [0.2, 0.25) is 0 Å². The first-order valence-corrected chi connectivity index (χ1v) is 11.2. The lowest BCUT2D eigenvalue weighted by atomic mass is 10.1. The fourth-order valence-corrected chi connectivity index (χ4v) is 4.00. The first-order valence-electron chi connectivity index (χ1n) is 9.92. The Labute approximate surface area is 203 Å². The van der Waals surface area contributed by atoms with Gasteiger partial charge in [0.15, 0.2) is 11.6 Å². The number of ether oxygens (including phenoxy) is 1. The van der Waals surface area contributed by atoms with Crippen LogP contribution in [0.25, 0.3) is 10.1 Å². The molecule has 1 aromatic heterocycles. The zero-order chi connectivity index (χ0) is 24.7. The van der Waals surface area contributed by atoms with Crippen molar-refractivity contribution in [2.75, 3.05) is 5.32 Å². The third kappa shape index (κ3) is 6.43. The zero-order valence-electron chi connectivity index (χ0n) is 18.0. The van der Waals surface area contributed by atoms with Crippen LogP contribution in [0.5, 0.6) is 5.75 Å². The second-order valence-corrected chi connectivity index (χ2v) is 8.36. The number of anilines is 1. The maximum absolute atomic E-state index is 14.4. The molecule has 0 unspecified atom stereocenters. The molecular formula is C24H21ClF2N4O2S. The highest BCUT2D eigenvalue weighted by Gasteiger charge is 2.14. The molecule has 4 rings (SSSR count). The van der Waals surface area contributed by atoms with Crippen LogP contribution in [0.15, 0.2) is 71.1 Å².